The van der Waals surface area contributed by atoms with Crippen LogP contribution in [0.2, 0.25) is 0 Å². The predicted molar refractivity (Wildman–Crippen MR) is 109 cm³/mol. The van der Waals surface area contributed by atoms with Crippen molar-refractivity contribution in [3.63, 3.8) is 0 Å². The molecule has 0 atom stereocenters. The van der Waals surface area contributed by atoms with Crippen LogP contribution in [0.25, 0.3) is 16.6 Å². The summed E-state index contributed by atoms with van der Waals surface area (Å²) in [6.45, 7) is 0.226. The highest BCUT2D eigenvalue weighted by Crippen LogP contribution is 2.33. The first-order valence-electron chi connectivity index (χ1n) is 10.0. The van der Waals surface area contributed by atoms with Crippen molar-refractivity contribution < 1.29 is 14.3 Å². The van der Waals surface area contributed by atoms with E-state index in [2.05, 4.69) is 20.5 Å². The van der Waals surface area contributed by atoms with E-state index in [1.807, 2.05) is 10.9 Å². The van der Waals surface area contributed by atoms with Crippen LogP contribution in [0.5, 0.6) is 0 Å². The molecule has 1 saturated carbocycles. The molecule has 0 bridgehead atoms. The van der Waals surface area contributed by atoms with Crippen molar-refractivity contribution in [1.29, 1.82) is 0 Å². The van der Waals surface area contributed by atoms with E-state index in [1.54, 1.807) is 24.5 Å². The topological polar surface area (TPSA) is 97.3 Å². The Balaban J connectivity index is 1.40. The highest BCUT2D eigenvalue weighted by molar-refractivity contribution is 6.08. The maximum absolute atomic E-state index is 14.7. The van der Waals surface area contributed by atoms with Gasteiger partial charge in [-0.25, -0.2) is 13.9 Å². The Labute approximate surface area is 171 Å². The van der Waals surface area contributed by atoms with E-state index in [0.29, 0.717) is 17.1 Å². The molecule has 2 N–H and O–H groups in total. The van der Waals surface area contributed by atoms with Crippen LogP contribution in [0, 0.1) is 11.7 Å². The maximum atomic E-state index is 14.7. The van der Waals surface area contributed by atoms with Gasteiger partial charge < -0.3 is 10.4 Å². The molecule has 1 aliphatic carbocycles. The summed E-state index contributed by atoms with van der Waals surface area (Å²) in [7, 11) is 0. The Hall–Kier alpha value is -3.33. The van der Waals surface area contributed by atoms with E-state index in [-0.39, 0.29) is 23.9 Å². The fraction of sp³-hybridized carbons (Fsp3) is 0.333. The van der Waals surface area contributed by atoms with Crippen LogP contribution < -0.4 is 5.32 Å². The number of fused-ring (bicyclic) bond motifs is 2. The van der Waals surface area contributed by atoms with Gasteiger partial charge in [-0.15, -0.1) is 0 Å². The fourth-order valence-corrected chi connectivity index (χ4v) is 4.12. The monoisotopic (exact) mass is 408 g/mol. The molecule has 1 fully saturated rings. The van der Waals surface area contributed by atoms with Gasteiger partial charge in [-0.2, -0.15) is 10.2 Å². The first kappa shape index (κ1) is 18.7. The van der Waals surface area contributed by atoms with Crippen LogP contribution in [-0.4, -0.2) is 42.0 Å². The lowest BCUT2D eigenvalue weighted by Gasteiger charge is -2.27. The molecule has 0 radical (unpaired) electrons. The Kier molecular flexibility index (Phi) is 4.66. The molecule has 154 valence electrons. The molecule has 0 unspecified atom stereocenters. The number of nitrogens with one attached hydrogen (secondary N) is 1. The molecule has 8 nitrogen and oxygen atoms in total. The molecule has 30 heavy (non-hydrogen) atoms. The first-order chi connectivity index (χ1) is 14.6. The first-order valence-corrected chi connectivity index (χ1v) is 10.0. The fourth-order valence-electron chi connectivity index (χ4n) is 4.12. The average molecular weight is 408 g/mol. The van der Waals surface area contributed by atoms with Crippen molar-refractivity contribution >= 4 is 28.1 Å². The van der Waals surface area contributed by atoms with Gasteiger partial charge in [0.2, 0.25) is 0 Å². The third-order valence-corrected chi connectivity index (χ3v) is 5.83. The molecule has 3 heterocycles. The summed E-state index contributed by atoms with van der Waals surface area (Å²) in [5, 5.41) is 21.3. The van der Waals surface area contributed by atoms with E-state index in [4.69, 9.17) is 0 Å². The third kappa shape index (κ3) is 3.30. The Morgan fingerprint density at radius 1 is 1.27 bits per heavy atom. The molecular formula is C21H21FN6O2. The second kappa shape index (κ2) is 7.49. The van der Waals surface area contributed by atoms with Crippen LogP contribution in [0.15, 0.2) is 43.0 Å². The molecule has 1 aromatic carbocycles. The lowest BCUT2D eigenvalue weighted by Crippen LogP contribution is -2.20. The minimum absolute atomic E-state index is 0.0892. The quantitative estimate of drug-likeness (QED) is 0.541. The molecule has 4 aromatic rings. The number of nitrogens with zero attached hydrogens (tertiary/aromatic N) is 5. The van der Waals surface area contributed by atoms with Crippen LogP contribution in [-0.2, 0) is 0 Å². The van der Waals surface area contributed by atoms with Crippen molar-refractivity contribution in [2.45, 2.75) is 31.7 Å². The number of aromatic nitrogens is 5. The van der Waals surface area contributed by atoms with Gasteiger partial charge in [0.15, 0.2) is 5.65 Å². The summed E-state index contributed by atoms with van der Waals surface area (Å²) in [4.78, 5) is 16.8. The molecule has 0 aliphatic heterocycles. The average Bonchev–Trinajstić information content (AvgIpc) is 3.38. The SMILES string of the molecule is O=C(Nc1cc2cn([C@H]3CC[C@H](CO)CC3)nc2cc1F)c1cnn2cccnc12. The lowest BCUT2D eigenvalue weighted by molar-refractivity contribution is 0.102. The van der Waals surface area contributed by atoms with E-state index in [9.17, 15) is 14.3 Å². The van der Waals surface area contributed by atoms with Gasteiger partial charge in [0, 0.05) is 36.7 Å². The predicted octanol–water partition coefficient (Wildman–Crippen LogP) is 3.19. The highest BCUT2D eigenvalue weighted by atomic mass is 19.1. The van der Waals surface area contributed by atoms with E-state index >= 15 is 0 Å². The van der Waals surface area contributed by atoms with Crippen molar-refractivity contribution in [3.05, 3.63) is 54.4 Å². The number of hydrogen-bond donors (Lipinski definition) is 2. The van der Waals surface area contributed by atoms with Crippen molar-refractivity contribution in [3.8, 4) is 0 Å². The summed E-state index contributed by atoms with van der Waals surface area (Å²) < 4.78 is 18.0. The maximum Gasteiger partial charge on any atom is 0.261 e. The number of aliphatic hydroxyl groups excluding tert-OH is 1. The zero-order valence-corrected chi connectivity index (χ0v) is 16.2. The number of rotatable bonds is 4. The van der Waals surface area contributed by atoms with Gasteiger partial charge in [0.05, 0.1) is 23.4 Å². The standard InChI is InChI=1S/C21H21FN6O2/c22-17-9-18-14(11-28(26-18)15-4-2-13(12-29)3-5-15)8-19(17)25-21(30)16-10-24-27-7-1-6-23-20(16)27/h1,6-11,13,15,29H,2-5,12H2,(H,25,30)/t13-,15-. The molecular weight excluding hydrogens is 387 g/mol. The summed E-state index contributed by atoms with van der Waals surface area (Å²) in [6.07, 6.45) is 10.4. The second-order valence-corrected chi connectivity index (χ2v) is 7.76. The van der Waals surface area contributed by atoms with Gasteiger partial charge in [-0.05, 0) is 43.7 Å². The van der Waals surface area contributed by atoms with Crippen LogP contribution in [0.3, 0.4) is 0 Å². The number of carbonyl (C=O) groups excluding carboxylic acids is 1. The Morgan fingerprint density at radius 2 is 2.10 bits per heavy atom. The van der Waals surface area contributed by atoms with Gasteiger partial charge in [0.1, 0.15) is 11.4 Å². The third-order valence-electron chi connectivity index (χ3n) is 5.83. The van der Waals surface area contributed by atoms with Crippen LogP contribution in [0.1, 0.15) is 42.1 Å². The number of amides is 1. The molecule has 0 saturated heterocycles. The molecule has 3 aromatic heterocycles. The minimum atomic E-state index is -0.547. The summed E-state index contributed by atoms with van der Waals surface area (Å²) in [5.74, 6) is -0.661. The Bertz CT molecular complexity index is 1220. The summed E-state index contributed by atoms with van der Waals surface area (Å²) in [6, 6.07) is 4.90. The van der Waals surface area contributed by atoms with Crippen LogP contribution >= 0.6 is 0 Å². The molecule has 1 amide bonds. The van der Waals surface area contributed by atoms with E-state index in [0.717, 1.165) is 31.1 Å². The molecule has 0 spiro atoms. The van der Waals surface area contributed by atoms with Gasteiger partial charge in [-0.3, -0.25) is 9.48 Å². The second-order valence-electron chi connectivity index (χ2n) is 7.76. The molecule has 5 rings (SSSR count). The van der Waals surface area contributed by atoms with Gasteiger partial charge in [0.25, 0.3) is 5.91 Å². The smallest absolute Gasteiger partial charge is 0.261 e. The molecule has 1 aliphatic rings. The number of hydrogen-bond acceptors (Lipinski definition) is 5. The number of aliphatic hydroxyl groups is 1. The highest BCUT2D eigenvalue weighted by Gasteiger charge is 2.23. The number of benzene rings is 1. The van der Waals surface area contributed by atoms with E-state index < -0.39 is 11.7 Å². The van der Waals surface area contributed by atoms with Crippen molar-refractivity contribution in [2.75, 3.05) is 11.9 Å². The number of halogens is 1. The lowest BCUT2D eigenvalue weighted by atomic mass is 9.87. The zero-order chi connectivity index (χ0) is 20.7. The zero-order valence-electron chi connectivity index (χ0n) is 16.2. The largest absolute Gasteiger partial charge is 0.396 e. The Morgan fingerprint density at radius 3 is 2.90 bits per heavy atom. The summed E-state index contributed by atoms with van der Waals surface area (Å²) >= 11 is 0. The van der Waals surface area contributed by atoms with Gasteiger partial charge in [-0.1, -0.05) is 0 Å². The molecule has 9 heteroatoms. The van der Waals surface area contributed by atoms with Gasteiger partial charge >= 0.3 is 0 Å². The number of carbonyl (C=O) groups is 1. The normalized spacial score (nSPS) is 19.4. The minimum Gasteiger partial charge on any atom is -0.396 e. The van der Waals surface area contributed by atoms with Crippen LogP contribution in [0.4, 0.5) is 10.1 Å². The van der Waals surface area contributed by atoms with Crippen molar-refractivity contribution in [2.24, 2.45) is 5.92 Å². The number of anilines is 1. The van der Waals surface area contributed by atoms with Crippen molar-refractivity contribution in [1.82, 2.24) is 24.4 Å². The summed E-state index contributed by atoms with van der Waals surface area (Å²) in [5.41, 5.74) is 1.31. The van der Waals surface area contributed by atoms with E-state index in [1.165, 1.54) is 16.8 Å².